The van der Waals surface area contributed by atoms with Crippen LogP contribution in [0.4, 0.5) is 11.4 Å². The van der Waals surface area contributed by atoms with Gasteiger partial charge in [-0.15, -0.1) is 0 Å². The average molecular weight is 726 g/mol. The summed E-state index contributed by atoms with van der Waals surface area (Å²) in [5, 5.41) is 3.96. The Morgan fingerprint density at radius 2 is 1.41 bits per heavy atom. The van der Waals surface area contributed by atoms with Crippen molar-refractivity contribution in [3.63, 3.8) is 0 Å². The summed E-state index contributed by atoms with van der Waals surface area (Å²) in [5.41, 5.74) is 6.74. The zero-order valence-corrected chi connectivity index (χ0v) is 31.5. The largest absolute Gasteiger partial charge is 0.343 e. The molecule has 2 heterocycles. The summed E-state index contributed by atoms with van der Waals surface area (Å²) in [7, 11) is -8.47. The topological polar surface area (TPSA) is 115 Å². The summed E-state index contributed by atoms with van der Waals surface area (Å²) in [4.78, 5) is 1.88. The van der Waals surface area contributed by atoms with E-state index in [0.717, 1.165) is 68.4 Å². The Kier molecular flexibility index (Phi) is 9.52. The molecule has 0 radical (unpaired) electrons. The van der Waals surface area contributed by atoms with Crippen LogP contribution in [0.5, 0.6) is 0 Å². The quantitative estimate of drug-likeness (QED) is 0.0957. The summed E-state index contributed by atoms with van der Waals surface area (Å²) in [6.07, 6.45) is 14.9. The average Bonchev–Trinajstić information content (AvgIpc) is 3.40. The number of benzene rings is 4. The Hall–Kier alpha value is -4.35. The molecule has 4 aromatic rings. The van der Waals surface area contributed by atoms with E-state index < -0.39 is 25.7 Å². The highest BCUT2D eigenvalue weighted by atomic mass is 32.2. The van der Waals surface area contributed by atoms with Crippen LogP contribution in [0, 0.1) is 6.92 Å². The van der Waals surface area contributed by atoms with Crippen molar-refractivity contribution in [2.24, 2.45) is 0 Å². The highest BCUT2D eigenvalue weighted by Crippen LogP contribution is 2.51. The minimum Gasteiger partial charge on any atom is -0.343 e. The second-order valence-electron chi connectivity index (χ2n) is 14.4. The lowest BCUT2D eigenvalue weighted by Gasteiger charge is -2.26. The Labute approximate surface area is 301 Å². The number of aryl methyl sites for hydroxylation is 1. The molecule has 0 bridgehead atoms. The van der Waals surface area contributed by atoms with Gasteiger partial charge in [-0.3, -0.25) is 9.11 Å². The predicted molar refractivity (Wildman–Crippen MR) is 208 cm³/mol. The molecule has 0 aliphatic carbocycles. The van der Waals surface area contributed by atoms with Gasteiger partial charge < -0.3 is 4.90 Å². The molecule has 0 atom stereocenters. The fourth-order valence-electron chi connectivity index (χ4n) is 7.84. The van der Waals surface area contributed by atoms with Gasteiger partial charge in [-0.05, 0) is 78.2 Å². The molecule has 6 rings (SSSR count). The molecule has 51 heavy (non-hydrogen) atoms. The van der Waals surface area contributed by atoms with E-state index in [1.165, 1.54) is 17.7 Å². The Morgan fingerprint density at radius 3 is 2.12 bits per heavy atom. The van der Waals surface area contributed by atoms with E-state index in [-0.39, 0.29) is 22.6 Å². The zero-order chi connectivity index (χ0) is 36.9. The highest BCUT2D eigenvalue weighted by molar-refractivity contribution is 7.86. The first-order valence-electron chi connectivity index (χ1n) is 17.1. The van der Waals surface area contributed by atoms with Gasteiger partial charge in [0.1, 0.15) is 6.54 Å². The van der Waals surface area contributed by atoms with Gasteiger partial charge in [0.2, 0.25) is 5.69 Å². The monoisotopic (exact) mass is 725 g/mol. The lowest BCUT2D eigenvalue weighted by atomic mass is 9.79. The second-order valence-corrected chi connectivity index (χ2v) is 17.4. The van der Waals surface area contributed by atoms with Crippen molar-refractivity contribution in [2.45, 2.75) is 63.7 Å². The number of hydrogen-bond donors (Lipinski definition) is 2. The number of allylic oxidation sites excluding steroid dienone is 8. The predicted octanol–water partition coefficient (Wildman–Crippen LogP) is 8.57. The van der Waals surface area contributed by atoms with Crippen molar-refractivity contribution in [1.29, 1.82) is 0 Å². The molecule has 0 unspecified atom stereocenters. The van der Waals surface area contributed by atoms with Crippen LogP contribution in [0.3, 0.4) is 0 Å². The van der Waals surface area contributed by atoms with Crippen LogP contribution >= 0.6 is 0 Å². The molecule has 0 saturated carbocycles. The third-order valence-electron chi connectivity index (χ3n) is 10.1. The van der Waals surface area contributed by atoms with Crippen molar-refractivity contribution in [2.75, 3.05) is 23.7 Å². The molecular weight excluding hydrogens is 681 g/mol. The van der Waals surface area contributed by atoms with E-state index in [9.17, 15) is 25.9 Å². The van der Waals surface area contributed by atoms with Gasteiger partial charge in [-0.25, -0.2) is 0 Å². The molecule has 0 amide bonds. The maximum atomic E-state index is 11.8. The number of hydrogen-bond acceptors (Lipinski definition) is 5. The van der Waals surface area contributed by atoms with Gasteiger partial charge in [0.05, 0.1) is 16.1 Å². The Morgan fingerprint density at radius 1 is 0.765 bits per heavy atom. The minimum absolute atomic E-state index is 0.121. The number of fused-ring (bicyclic) bond motifs is 6. The Balaban J connectivity index is 1.28. The lowest BCUT2D eigenvalue weighted by Crippen LogP contribution is -2.30. The first-order chi connectivity index (χ1) is 23.9. The molecule has 0 fully saturated rings. The van der Waals surface area contributed by atoms with Crippen molar-refractivity contribution in [1.82, 2.24) is 0 Å². The second kappa shape index (κ2) is 13.3. The van der Waals surface area contributed by atoms with Gasteiger partial charge in [-0.1, -0.05) is 87.0 Å². The SMILES string of the molecule is CCC[N+]1=C(C=CC=CC=CC=C2N(CCS(=O)(=O)O)c3ccc4cc(C)ccc4c3C2(C)C)C(C)(C)c2c1ccc1cc(S(=O)(=O)O)ccc21. The minimum atomic E-state index is -4.31. The van der Waals surface area contributed by atoms with Gasteiger partial charge in [0.15, 0.2) is 5.71 Å². The zero-order valence-electron chi connectivity index (χ0n) is 29.9. The normalized spacial score (nSPS) is 18.0. The van der Waals surface area contributed by atoms with Crippen LogP contribution in [0.15, 0.2) is 114 Å². The smallest absolute Gasteiger partial charge is 0.294 e. The summed E-state index contributed by atoms with van der Waals surface area (Å²) in [6.45, 7) is 13.8. The molecule has 10 heteroatoms. The lowest BCUT2D eigenvalue weighted by molar-refractivity contribution is -0.437. The molecule has 266 valence electrons. The number of anilines is 1. The fourth-order valence-corrected chi connectivity index (χ4v) is 8.77. The first-order valence-corrected chi connectivity index (χ1v) is 20.2. The third kappa shape index (κ3) is 6.85. The molecule has 0 aromatic heterocycles. The van der Waals surface area contributed by atoms with Crippen LogP contribution in [0.1, 0.15) is 57.7 Å². The molecular formula is C41H45N2O6S2+. The molecule has 4 aromatic carbocycles. The van der Waals surface area contributed by atoms with E-state index in [1.54, 1.807) is 6.07 Å². The van der Waals surface area contributed by atoms with Gasteiger partial charge in [0, 0.05) is 47.5 Å². The molecule has 0 spiro atoms. The maximum Gasteiger partial charge on any atom is 0.294 e. The first kappa shape index (κ1) is 36.4. The maximum absolute atomic E-state index is 11.8. The standard InChI is InChI=1S/C41H44N2O6S2/c1-7-23-42-34-22-17-30-27-31(51(47,48)49)18-20-33(30)39(34)40(3,4)36(42)13-11-9-8-10-12-14-37-41(5,6)38-32-19-15-28(2)26-29(32)16-21-35(38)43(37)24-25-50(44,45)46/h8-22,26-27H,7,23-25H2,1-6H3,(H-,44,45,46,47,48,49)/p+1. The third-order valence-corrected chi connectivity index (χ3v) is 11.6. The van der Waals surface area contributed by atoms with Crippen LogP contribution in [0.2, 0.25) is 0 Å². The molecule has 0 saturated heterocycles. The summed E-state index contributed by atoms with van der Waals surface area (Å²) < 4.78 is 68.7. The van der Waals surface area contributed by atoms with E-state index in [2.05, 4.69) is 76.5 Å². The Bertz CT molecular complexity index is 2450. The molecule has 2 N–H and O–H groups in total. The number of rotatable bonds is 10. The molecule has 8 nitrogen and oxygen atoms in total. The fraction of sp³-hybridized carbons (Fsp3) is 0.293. The van der Waals surface area contributed by atoms with Gasteiger partial charge in [0.25, 0.3) is 20.2 Å². The highest BCUT2D eigenvalue weighted by Gasteiger charge is 2.45. The van der Waals surface area contributed by atoms with Crippen LogP contribution in [-0.4, -0.2) is 55.1 Å². The summed E-state index contributed by atoms with van der Waals surface area (Å²) >= 11 is 0. The summed E-state index contributed by atoms with van der Waals surface area (Å²) in [5.74, 6) is -0.379. The van der Waals surface area contributed by atoms with Crippen molar-refractivity contribution >= 4 is 58.9 Å². The van der Waals surface area contributed by atoms with Gasteiger partial charge in [-0.2, -0.15) is 21.4 Å². The van der Waals surface area contributed by atoms with E-state index >= 15 is 0 Å². The van der Waals surface area contributed by atoms with Gasteiger partial charge >= 0.3 is 0 Å². The summed E-state index contributed by atoms with van der Waals surface area (Å²) in [6, 6.07) is 19.2. The van der Waals surface area contributed by atoms with E-state index in [0.29, 0.717) is 0 Å². The van der Waals surface area contributed by atoms with Crippen LogP contribution in [0.25, 0.3) is 21.5 Å². The van der Waals surface area contributed by atoms with E-state index in [4.69, 9.17) is 0 Å². The van der Waals surface area contributed by atoms with E-state index in [1.807, 2.05) is 59.6 Å². The molecule has 2 aliphatic heterocycles. The number of nitrogens with zero attached hydrogens (tertiary/aromatic N) is 2. The van der Waals surface area contributed by atoms with Crippen molar-refractivity contribution < 1.29 is 30.5 Å². The molecule has 2 aliphatic rings. The van der Waals surface area contributed by atoms with Crippen molar-refractivity contribution in [3.8, 4) is 0 Å². The van der Waals surface area contributed by atoms with Crippen molar-refractivity contribution in [3.05, 3.63) is 126 Å². The van der Waals surface area contributed by atoms with Crippen LogP contribution < -0.4 is 4.90 Å². The van der Waals surface area contributed by atoms with Crippen LogP contribution in [-0.2, 0) is 31.1 Å².